The van der Waals surface area contributed by atoms with E-state index in [2.05, 4.69) is 4.98 Å². The second kappa shape index (κ2) is 4.73. The molecule has 2 rings (SSSR count). The van der Waals surface area contributed by atoms with Crippen molar-refractivity contribution in [2.24, 2.45) is 0 Å². The van der Waals surface area contributed by atoms with E-state index in [-0.39, 0.29) is 16.5 Å². The number of halogens is 2. The van der Waals surface area contributed by atoms with Crippen molar-refractivity contribution >= 4 is 34.7 Å². The Morgan fingerprint density at radius 1 is 1.18 bits per heavy atom. The number of anilines is 1. The molecule has 3 nitrogen and oxygen atoms in total. The van der Waals surface area contributed by atoms with Crippen molar-refractivity contribution in [3.63, 3.8) is 0 Å². The lowest BCUT2D eigenvalue weighted by atomic mass is 10.1. The summed E-state index contributed by atoms with van der Waals surface area (Å²) in [6, 6.07) is 8.12. The number of nitrogens with zero attached hydrogens (tertiary/aromatic N) is 1. The third-order valence-corrected chi connectivity index (χ3v) is 3.07. The minimum atomic E-state index is -0.337. The van der Waals surface area contributed by atoms with Gasteiger partial charge in [0.1, 0.15) is 5.69 Å². The zero-order valence-corrected chi connectivity index (χ0v) is 10.2. The van der Waals surface area contributed by atoms with Crippen molar-refractivity contribution in [1.82, 2.24) is 4.98 Å². The molecule has 17 heavy (non-hydrogen) atoms. The highest BCUT2D eigenvalue weighted by atomic mass is 35.5. The molecule has 86 valence electrons. The van der Waals surface area contributed by atoms with E-state index < -0.39 is 0 Å². The molecule has 5 heteroatoms. The highest BCUT2D eigenvalue weighted by Gasteiger charge is 2.17. The summed E-state index contributed by atoms with van der Waals surface area (Å²) in [5.41, 5.74) is 6.47. The Morgan fingerprint density at radius 2 is 1.94 bits per heavy atom. The molecule has 0 saturated carbocycles. The Labute approximate surface area is 108 Å². The fourth-order valence-corrected chi connectivity index (χ4v) is 1.80. The minimum Gasteiger partial charge on any atom is -0.397 e. The van der Waals surface area contributed by atoms with Gasteiger partial charge in [0.2, 0.25) is 5.78 Å². The van der Waals surface area contributed by atoms with Gasteiger partial charge in [0.05, 0.1) is 15.7 Å². The lowest BCUT2D eigenvalue weighted by Crippen LogP contribution is -2.08. The Balaban J connectivity index is 2.52. The van der Waals surface area contributed by atoms with Crippen LogP contribution in [0.1, 0.15) is 16.1 Å². The number of hydrogen-bond acceptors (Lipinski definition) is 3. The van der Waals surface area contributed by atoms with Crippen LogP contribution in [-0.2, 0) is 0 Å². The van der Waals surface area contributed by atoms with Crippen LogP contribution >= 0.6 is 23.2 Å². The molecule has 0 aliphatic rings. The van der Waals surface area contributed by atoms with Gasteiger partial charge >= 0.3 is 0 Å². The van der Waals surface area contributed by atoms with Crippen molar-refractivity contribution < 1.29 is 4.79 Å². The second-order valence-corrected chi connectivity index (χ2v) is 4.16. The lowest BCUT2D eigenvalue weighted by molar-refractivity contribution is 0.103. The summed E-state index contributed by atoms with van der Waals surface area (Å²) in [5.74, 6) is -0.337. The Morgan fingerprint density at radius 3 is 2.65 bits per heavy atom. The van der Waals surface area contributed by atoms with Crippen molar-refractivity contribution in [3.05, 3.63) is 57.8 Å². The Bertz CT molecular complexity index is 584. The zero-order valence-electron chi connectivity index (χ0n) is 8.65. The molecule has 0 unspecified atom stereocenters. The van der Waals surface area contributed by atoms with Crippen LogP contribution in [-0.4, -0.2) is 10.8 Å². The number of carbonyl (C=O) groups excluding carboxylic acids is 1. The van der Waals surface area contributed by atoms with E-state index in [1.54, 1.807) is 30.3 Å². The number of nitrogen functional groups attached to an aromatic ring is 1. The molecule has 0 fully saturated rings. The van der Waals surface area contributed by atoms with Crippen LogP contribution in [0.15, 0.2) is 36.5 Å². The largest absolute Gasteiger partial charge is 0.397 e. The Kier molecular flexibility index (Phi) is 3.31. The summed E-state index contributed by atoms with van der Waals surface area (Å²) < 4.78 is 0. The number of aromatic nitrogens is 1. The molecular formula is C12H8Cl2N2O. The van der Waals surface area contributed by atoms with Gasteiger partial charge in [0.25, 0.3) is 0 Å². The lowest BCUT2D eigenvalue weighted by Gasteiger charge is -2.06. The summed E-state index contributed by atoms with van der Waals surface area (Å²) in [7, 11) is 0. The summed E-state index contributed by atoms with van der Waals surface area (Å²) in [6.45, 7) is 0. The van der Waals surface area contributed by atoms with Gasteiger partial charge in [-0.25, -0.2) is 0 Å². The number of ketones is 1. The maximum Gasteiger partial charge on any atom is 0.215 e. The van der Waals surface area contributed by atoms with Gasteiger partial charge < -0.3 is 5.73 Å². The standard InChI is InChI=1S/C12H8Cl2N2O/c13-8-4-1-3-7(10(8)14)12(17)11-9(15)5-2-6-16-11/h1-6H,15H2. The number of hydrogen-bond donors (Lipinski definition) is 1. The van der Waals surface area contributed by atoms with Gasteiger partial charge in [-0.2, -0.15) is 0 Å². The molecule has 0 aliphatic heterocycles. The number of benzene rings is 1. The van der Waals surface area contributed by atoms with E-state index in [0.717, 1.165) is 0 Å². The first kappa shape index (κ1) is 11.9. The molecule has 2 N–H and O–H groups in total. The molecule has 0 aliphatic carbocycles. The topological polar surface area (TPSA) is 56.0 Å². The van der Waals surface area contributed by atoms with E-state index in [9.17, 15) is 4.79 Å². The predicted molar refractivity (Wildman–Crippen MR) is 68.5 cm³/mol. The first-order valence-electron chi connectivity index (χ1n) is 4.80. The average molecular weight is 267 g/mol. The normalized spacial score (nSPS) is 10.2. The molecule has 2 aromatic rings. The molecule has 0 atom stereocenters. The predicted octanol–water partition coefficient (Wildman–Crippen LogP) is 3.20. The van der Waals surface area contributed by atoms with Crippen molar-refractivity contribution in [2.45, 2.75) is 0 Å². The zero-order chi connectivity index (χ0) is 12.4. The van der Waals surface area contributed by atoms with Gasteiger partial charge in [0.15, 0.2) is 0 Å². The van der Waals surface area contributed by atoms with Gasteiger partial charge in [0, 0.05) is 11.8 Å². The highest BCUT2D eigenvalue weighted by Crippen LogP contribution is 2.27. The maximum atomic E-state index is 12.2. The van der Waals surface area contributed by atoms with Crippen LogP contribution in [0.2, 0.25) is 10.0 Å². The number of rotatable bonds is 2. The molecule has 0 saturated heterocycles. The Hall–Kier alpha value is -1.58. The molecule has 1 heterocycles. The van der Waals surface area contributed by atoms with Crippen molar-refractivity contribution in [3.8, 4) is 0 Å². The quantitative estimate of drug-likeness (QED) is 0.850. The number of carbonyl (C=O) groups is 1. The van der Waals surface area contributed by atoms with E-state index >= 15 is 0 Å². The molecule has 0 spiro atoms. The summed E-state index contributed by atoms with van der Waals surface area (Å²) >= 11 is 11.8. The van der Waals surface area contributed by atoms with Crippen LogP contribution < -0.4 is 5.73 Å². The fraction of sp³-hybridized carbons (Fsp3) is 0. The SMILES string of the molecule is Nc1cccnc1C(=O)c1cccc(Cl)c1Cl. The molecular weight excluding hydrogens is 259 g/mol. The van der Waals surface area contributed by atoms with Crippen molar-refractivity contribution in [1.29, 1.82) is 0 Å². The van der Waals surface area contributed by atoms with Crippen molar-refractivity contribution in [2.75, 3.05) is 5.73 Å². The van der Waals surface area contributed by atoms with Gasteiger partial charge in [-0.15, -0.1) is 0 Å². The molecule has 1 aromatic carbocycles. The van der Waals surface area contributed by atoms with E-state index in [0.29, 0.717) is 16.3 Å². The van der Waals surface area contributed by atoms with Crippen LogP contribution in [0.25, 0.3) is 0 Å². The highest BCUT2D eigenvalue weighted by molar-refractivity contribution is 6.44. The smallest absolute Gasteiger partial charge is 0.215 e. The van der Waals surface area contributed by atoms with Crippen LogP contribution in [0.4, 0.5) is 5.69 Å². The van der Waals surface area contributed by atoms with Gasteiger partial charge in [-0.1, -0.05) is 29.3 Å². The van der Waals surface area contributed by atoms with Crippen LogP contribution in [0.5, 0.6) is 0 Å². The monoisotopic (exact) mass is 266 g/mol. The first-order valence-corrected chi connectivity index (χ1v) is 5.56. The molecule has 0 bridgehead atoms. The first-order chi connectivity index (χ1) is 8.11. The van der Waals surface area contributed by atoms with E-state index in [1.165, 1.54) is 6.20 Å². The van der Waals surface area contributed by atoms with E-state index in [4.69, 9.17) is 28.9 Å². The third kappa shape index (κ3) is 2.25. The number of pyridine rings is 1. The summed E-state index contributed by atoms with van der Waals surface area (Å²) in [6.07, 6.45) is 1.50. The summed E-state index contributed by atoms with van der Waals surface area (Å²) in [4.78, 5) is 16.1. The summed E-state index contributed by atoms with van der Waals surface area (Å²) in [5, 5.41) is 0.538. The maximum absolute atomic E-state index is 12.2. The second-order valence-electron chi connectivity index (χ2n) is 3.37. The molecule has 0 radical (unpaired) electrons. The molecule has 1 aromatic heterocycles. The minimum absolute atomic E-state index is 0.177. The third-order valence-electron chi connectivity index (χ3n) is 2.25. The average Bonchev–Trinajstić information content (AvgIpc) is 2.32. The van der Waals surface area contributed by atoms with Crippen LogP contribution in [0, 0.1) is 0 Å². The van der Waals surface area contributed by atoms with Crippen LogP contribution in [0.3, 0.4) is 0 Å². The number of nitrogens with two attached hydrogens (primary N) is 1. The van der Waals surface area contributed by atoms with Gasteiger partial charge in [-0.3, -0.25) is 9.78 Å². The fourth-order valence-electron chi connectivity index (χ4n) is 1.41. The van der Waals surface area contributed by atoms with E-state index in [1.807, 2.05) is 0 Å². The molecule has 0 amide bonds. The van der Waals surface area contributed by atoms with Gasteiger partial charge in [-0.05, 0) is 24.3 Å².